The van der Waals surface area contributed by atoms with E-state index in [1.165, 1.54) is 212 Å². The molecular weight excluding hydrogens is 1050 g/mol. The Morgan fingerprint density at radius 1 is 0.386 bits per heavy atom. The second-order valence-electron chi connectivity index (χ2n) is 24.9. The van der Waals surface area contributed by atoms with Gasteiger partial charge in [0.1, 0.15) is 19.8 Å². The molecule has 0 aromatic rings. The van der Waals surface area contributed by atoms with Crippen molar-refractivity contribution in [2.75, 3.05) is 47.5 Å². The molecule has 484 valence electrons. The Morgan fingerprint density at radius 3 is 1.02 bits per heavy atom. The average Bonchev–Trinajstić information content (AvgIpc) is 3.49. The summed E-state index contributed by atoms with van der Waals surface area (Å²) < 4.78 is 34.2. The fourth-order valence-electron chi connectivity index (χ4n) is 10.1. The van der Waals surface area contributed by atoms with Crippen molar-refractivity contribution in [2.45, 2.75) is 335 Å². The Balaban J connectivity index is 3.99. The fraction of sp³-hybridized carbons (Fsp3) is 0.808. The molecule has 0 amide bonds. The Bertz CT molecular complexity index is 1630. The lowest BCUT2D eigenvalue weighted by Crippen LogP contribution is -2.37. The Hall–Kier alpha value is -2.55. The van der Waals surface area contributed by atoms with Crippen LogP contribution in [0.2, 0.25) is 0 Å². The van der Waals surface area contributed by atoms with Crippen LogP contribution in [0.3, 0.4) is 0 Å². The highest BCUT2D eigenvalue weighted by Crippen LogP contribution is 2.38. The summed E-state index contributed by atoms with van der Waals surface area (Å²) in [6, 6.07) is 0. The first-order chi connectivity index (χ1) is 40.5. The molecule has 0 aromatic heterocycles. The second kappa shape index (κ2) is 63.9. The smallest absolute Gasteiger partial charge is 0.306 e. The van der Waals surface area contributed by atoms with Crippen molar-refractivity contribution in [1.29, 1.82) is 0 Å². The van der Waals surface area contributed by atoms with Crippen LogP contribution in [0.4, 0.5) is 0 Å². The molecule has 0 aliphatic rings. The van der Waals surface area contributed by atoms with E-state index in [0.29, 0.717) is 17.4 Å². The molecule has 9 nitrogen and oxygen atoms in total. The molecule has 0 saturated carbocycles. The number of carbonyl (C=O) groups is 2. The predicted octanol–water partition coefficient (Wildman–Crippen LogP) is 22.1. The molecule has 0 heterocycles. The standard InChI is InChI=1S/C73H134NO8P/c1-6-8-10-12-14-16-18-20-22-24-26-28-30-31-32-33-34-35-36-37-38-39-40-41-42-44-45-47-49-51-53-55-57-59-61-63-65-72(75)79-69-71(70-81-83(77,78)80-68-67-74(3,4)5)82-73(76)66-64-62-60-58-56-54-52-50-48-46-43-29-27-25-23-21-19-17-15-13-11-9-7-2/h9,11,15,17,21,23,27,29,46,48,52,54,71H,6-8,10,12-14,16,18-20,22,24-26,28,30-45,47,49-51,53,55-70H2,1-5H3/b11-9-,17-15-,23-21-,29-27-,48-46-,54-52-. The van der Waals surface area contributed by atoms with Crippen molar-refractivity contribution in [3.8, 4) is 0 Å². The first-order valence-corrected chi connectivity index (χ1v) is 36.6. The van der Waals surface area contributed by atoms with Gasteiger partial charge in [0, 0.05) is 12.8 Å². The van der Waals surface area contributed by atoms with Crippen molar-refractivity contribution in [1.82, 2.24) is 0 Å². The third-order valence-corrected chi connectivity index (χ3v) is 16.5. The molecule has 2 atom stereocenters. The van der Waals surface area contributed by atoms with E-state index in [2.05, 4.69) is 86.8 Å². The first kappa shape index (κ1) is 80.5. The third kappa shape index (κ3) is 68.4. The van der Waals surface area contributed by atoms with Gasteiger partial charge in [-0.05, 0) is 64.2 Å². The Morgan fingerprint density at radius 2 is 0.687 bits per heavy atom. The van der Waals surface area contributed by atoms with Crippen LogP contribution in [0, 0.1) is 0 Å². The number of likely N-dealkylation sites (N-methyl/N-ethyl adjacent to an activating group) is 1. The van der Waals surface area contributed by atoms with Crippen molar-refractivity contribution in [2.24, 2.45) is 0 Å². The van der Waals surface area contributed by atoms with Crippen LogP contribution in [0.1, 0.15) is 328 Å². The number of unbranched alkanes of at least 4 members (excludes halogenated alkanes) is 39. The van der Waals surface area contributed by atoms with E-state index in [1.54, 1.807) is 0 Å². The zero-order chi connectivity index (χ0) is 60.5. The minimum Gasteiger partial charge on any atom is -0.756 e. The zero-order valence-corrected chi connectivity index (χ0v) is 56.0. The lowest BCUT2D eigenvalue weighted by Gasteiger charge is -2.28. The quantitative estimate of drug-likeness (QED) is 0.0195. The lowest BCUT2D eigenvalue weighted by atomic mass is 10.0. The van der Waals surface area contributed by atoms with E-state index in [9.17, 15) is 19.0 Å². The summed E-state index contributed by atoms with van der Waals surface area (Å²) in [5, 5.41) is 0. The topological polar surface area (TPSA) is 111 Å². The van der Waals surface area contributed by atoms with Crippen LogP contribution < -0.4 is 4.89 Å². The van der Waals surface area contributed by atoms with Crippen molar-refractivity contribution in [3.63, 3.8) is 0 Å². The molecular formula is C73H134NO8P. The summed E-state index contributed by atoms with van der Waals surface area (Å²) in [6.07, 6.45) is 85.8. The lowest BCUT2D eigenvalue weighted by molar-refractivity contribution is -0.870. The van der Waals surface area contributed by atoms with E-state index in [1.807, 2.05) is 21.1 Å². The normalized spacial score (nSPS) is 13.6. The number of phosphoric ester groups is 1. The maximum absolute atomic E-state index is 12.8. The summed E-state index contributed by atoms with van der Waals surface area (Å²) in [7, 11) is 1.15. The number of rotatable bonds is 65. The van der Waals surface area contributed by atoms with Crippen LogP contribution >= 0.6 is 7.82 Å². The summed E-state index contributed by atoms with van der Waals surface area (Å²) in [4.78, 5) is 38.0. The predicted molar refractivity (Wildman–Crippen MR) is 356 cm³/mol. The monoisotopic (exact) mass is 1180 g/mol. The highest BCUT2D eigenvalue weighted by atomic mass is 31.2. The van der Waals surface area contributed by atoms with E-state index < -0.39 is 26.5 Å². The summed E-state index contributed by atoms with van der Waals surface area (Å²) in [6.45, 7) is 4.14. The number of allylic oxidation sites excluding steroid dienone is 12. The van der Waals surface area contributed by atoms with Crippen molar-refractivity contribution < 1.29 is 42.1 Å². The van der Waals surface area contributed by atoms with Gasteiger partial charge in [-0.15, -0.1) is 0 Å². The van der Waals surface area contributed by atoms with Crippen molar-refractivity contribution >= 4 is 19.8 Å². The third-order valence-electron chi connectivity index (χ3n) is 15.5. The van der Waals surface area contributed by atoms with Crippen molar-refractivity contribution in [3.05, 3.63) is 72.9 Å². The highest BCUT2D eigenvalue weighted by Gasteiger charge is 2.22. The fourth-order valence-corrected chi connectivity index (χ4v) is 10.9. The SMILES string of the molecule is CC/C=C\C/C=C\C/C=C\C/C=C\C/C=C\C/C=C\CCCCCCC(=O)OC(COC(=O)CCCCCCCCCCCCCCCCCCCCCCCCCCCCCCCCCCCCCC)COP(=O)([O-])OCC[N+](C)(C)C. The maximum Gasteiger partial charge on any atom is 0.306 e. The van der Waals surface area contributed by atoms with Gasteiger partial charge in [-0.1, -0.05) is 324 Å². The van der Waals surface area contributed by atoms with Crippen LogP contribution in [-0.2, 0) is 32.7 Å². The molecule has 83 heavy (non-hydrogen) atoms. The molecule has 10 heteroatoms. The molecule has 0 N–H and O–H groups in total. The number of nitrogens with zero attached hydrogens (tertiary/aromatic N) is 1. The molecule has 2 unspecified atom stereocenters. The largest absolute Gasteiger partial charge is 0.756 e. The molecule has 0 rings (SSSR count). The van der Waals surface area contributed by atoms with E-state index in [4.69, 9.17) is 18.5 Å². The van der Waals surface area contributed by atoms with E-state index in [0.717, 1.165) is 83.5 Å². The number of hydrogen-bond acceptors (Lipinski definition) is 8. The number of quaternary nitrogens is 1. The van der Waals surface area contributed by atoms with Gasteiger partial charge in [0.15, 0.2) is 6.10 Å². The van der Waals surface area contributed by atoms with Gasteiger partial charge in [-0.3, -0.25) is 14.2 Å². The molecule has 0 aliphatic carbocycles. The molecule has 0 bridgehead atoms. The molecule has 0 fully saturated rings. The van der Waals surface area contributed by atoms with Crippen LogP contribution in [0.25, 0.3) is 0 Å². The summed E-state index contributed by atoms with van der Waals surface area (Å²) in [5.74, 6) is -0.853. The molecule has 0 saturated heterocycles. The number of hydrogen-bond donors (Lipinski definition) is 0. The maximum atomic E-state index is 12.8. The molecule has 0 aliphatic heterocycles. The van der Waals surface area contributed by atoms with Gasteiger partial charge in [-0.2, -0.15) is 0 Å². The molecule has 0 radical (unpaired) electrons. The average molecular weight is 1180 g/mol. The minimum atomic E-state index is -4.65. The van der Waals surface area contributed by atoms with Gasteiger partial charge in [0.25, 0.3) is 7.82 Å². The van der Waals surface area contributed by atoms with Crippen LogP contribution in [-0.4, -0.2) is 70.0 Å². The highest BCUT2D eigenvalue weighted by molar-refractivity contribution is 7.45. The van der Waals surface area contributed by atoms with Crippen LogP contribution in [0.5, 0.6) is 0 Å². The van der Waals surface area contributed by atoms with Gasteiger partial charge in [0.2, 0.25) is 0 Å². The van der Waals surface area contributed by atoms with Gasteiger partial charge in [-0.25, -0.2) is 0 Å². The van der Waals surface area contributed by atoms with Gasteiger partial charge >= 0.3 is 11.9 Å². The van der Waals surface area contributed by atoms with Crippen LogP contribution in [0.15, 0.2) is 72.9 Å². The molecule has 0 aromatic carbocycles. The Kier molecular flexibility index (Phi) is 62.0. The van der Waals surface area contributed by atoms with E-state index in [-0.39, 0.29) is 32.0 Å². The summed E-state index contributed by atoms with van der Waals surface area (Å²) >= 11 is 0. The number of carbonyl (C=O) groups excluding carboxylic acids is 2. The minimum absolute atomic E-state index is 0.0381. The zero-order valence-electron chi connectivity index (χ0n) is 55.1. The first-order valence-electron chi connectivity index (χ1n) is 35.1. The number of ether oxygens (including phenoxy) is 2. The Labute approximate surface area is 514 Å². The molecule has 0 spiro atoms. The summed E-state index contributed by atoms with van der Waals surface area (Å²) in [5.41, 5.74) is 0. The van der Waals surface area contributed by atoms with E-state index >= 15 is 0 Å². The van der Waals surface area contributed by atoms with Gasteiger partial charge in [0.05, 0.1) is 27.7 Å². The number of phosphoric acid groups is 1. The number of esters is 2. The second-order valence-corrected chi connectivity index (χ2v) is 26.3. The van der Waals surface area contributed by atoms with Gasteiger partial charge < -0.3 is 27.9 Å².